The van der Waals surface area contributed by atoms with Gasteiger partial charge < -0.3 is 19.5 Å². The first kappa shape index (κ1) is 24.2. The van der Waals surface area contributed by atoms with Gasteiger partial charge in [0.25, 0.3) is 0 Å². The van der Waals surface area contributed by atoms with Crippen molar-refractivity contribution in [3.8, 4) is 5.75 Å². The fourth-order valence-corrected chi connectivity index (χ4v) is 5.29. The van der Waals surface area contributed by atoms with Gasteiger partial charge in [-0.15, -0.1) is 17.9 Å². The van der Waals surface area contributed by atoms with E-state index in [4.69, 9.17) is 21.1 Å². The maximum Gasteiger partial charge on any atom is 0.237 e. The number of thiophene rings is 1. The third-order valence-corrected chi connectivity index (χ3v) is 7.28. The number of rotatable bonds is 12. The standard InChI is InChI=1S/C25H31ClN2O4S/c1-2-12-31-16-20(29)14-27(19-5-6-19)15-25(30)28-11-9-24-22(10-13-33-24)23(28)17-32-21-7-3-18(26)4-8-21/h2-4,7-8,10,13,19-20,23,29H,1,5-6,9,11-12,14-17H2. The number of aliphatic hydroxyl groups excluding tert-OH is 1. The summed E-state index contributed by atoms with van der Waals surface area (Å²) in [6.45, 7) is 6.05. The van der Waals surface area contributed by atoms with Crippen LogP contribution in [0.15, 0.2) is 48.4 Å². The minimum Gasteiger partial charge on any atom is -0.491 e. The summed E-state index contributed by atoms with van der Waals surface area (Å²) in [6.07, 6.45) is 4.01. The summed E-state index contributed by atoms with van der Waals surface area (Å²) in [5.74, 6) is 0.805. The van der Waals surface area contributed by atoms with Gasteiger partial charge >= 0.3 is 0 Å². The number of ether oxygens (including phenoxy) is 2. The van der Waals surface area contributed by atoms with E-state index in [9.17, 15) is 9.90 Å². The van der Waals surface area contributed by atoms with Gasteiger partial charge in [-0.25, -0.2) is 0 Å². The van der Waals surface area contributed by atoms with Crippen LogP contribution in [-0.4, -0.2) is 72.4 Å². The number of nitrogens with zero attached hydrogens (tertiary/aromatic N) is 2. The summed E-state index contributed by atoms with van der Waals surface area (Å²) in [7, 11) is 0. The first-order chi connectivity index (χ1) is 16.0. The topological polar surface area (TPSA) is 62.2 Å². The number of amides is 1. The number of aliphatic hydroxyl groups is 1. The third-order valence-electron chi connectivity index (χ3n) is 6.03. The lowest BCUT2D eigenvalue weighted by Crippen LogP contribution is -2.48. The quantitative estimate of drug-likeness (QED) is 0.361. The molecule has 1 aromatic heterocycles. The highest BCUT2D eigenvalue weighted by Gasteiger charge is 2.36. The molecule has 2 atom stereocenters. The normalized spacial score (nSPS) is 18.8. The van der Waals surface area contributed by atoms with Crippen LogP contribution in [0.1, 0.15) is 29.3 Å². The van der Waals surface area contributed by atoms with Gasteiger partial charge in [0.15, 0.2) is 0 Å². The van der Waals surface area contributed by atoms with Crippen LogP contribution >= 0.6 is 22.9 Å². The Bertz CT molecular complexity index is 931. The summed E-state index contributed by atoms with van der Waals surface area (Å²) in [5.41, 5.74) is 1.17. The summed E-state index contributed by atoms with van der Waals surface area (Å²) in [6, 6.07) is 9.61. The molecule has 0 spiro atoms. The van der Waals surface area contributed by atoms with Gasteiger partial charge in [-0.2, -0.15) is 0 Å². The Labute approximate surface area is 204 Å². The average molecular weight is 491 g/mol. The molecule has 2 unspecified atom stereocenters. The largest absolute Gasteiger partial charge is 0.491 e. The lowest BCUT2D eigenvalue weighted by atomic mass is 10.0. The Kier molecular flexibility index (Phi) is 8.44. The molecule has 0 bridgehead atoms. The van der Waals surface area contributed by atoms with Gasteiger partial charge in [-0.05, 0) is 60.5 Å². The molecule has 4 rings (SSSR count). The molecular formula is C25H31ClN2O4S. The predicted octanol–water partition coefficient (Wildman–Crippen LogP) is 3.93. The van der Waals surface area contributed by atoms with Gasteiger partial charge in [0, 0.05) is 29.0 Å². The van der Waals surface area contributed by atoms with Crippen molar-refractivity contribution in [3.63, 3.8) is 0 Å². The summed E-state index contributed by atoms with van der Waals surface area (Å²) in [5, 5.41) is 13.1. The van der Waals surface area contributed by atoms with Crippen molar-refractivity contribution < 1.29 is 19.4 Å². The predicted molar refractivity (Wildman–Crippen MR) is 131 cm³/mol. The highest BCUT2D eigenvalue weighted by molar-refractivity contribution is 7.10. The van der Waals surface area contributed by atoms with Crippen LogP contribution in [0.25, 0.3) is 0 Å². The van der Waals surface area contributed by atoms with Crippen molar-refractivity contribution in [2.24, 2.45) is 0 Å². The summed E-state index contributed by atoms with van der Waals surface area (Å²) in [4.78, 5) is 18.8. The number of carbonyl (C=O) groups excluding carboxylic acids is 1. The fourth-order valence-electron chi connectivity index (χ4n) is 4.24. The van der Waals surface area contributed by atoms with Crippen LogP contribution in [0, 0.1) is 0 Å². The molecule has 1 aliphatic heterocycles. The maximum absolute atomic E-state index is 13.5. The Hall–Kier alpha value is -1.90. The molecule has 1 saturated carbocycles. The maximum atomic E-state index is 13.5. The van der Waals surface area contributed by atoms with Crippen LogP contribution in [0.2, 0.25) is 5.02 Å². The van der Waals surface area contributed by atoms with Crippen molar-refractivity contribution in [3.05, 3.63) is 63.8 Å². The van der Waals surface area contributed by atoms with Crippen LogP contribution in [0.5, 0.6) is 5.75 Å². The van der Waals surface area contributed by atoms with Gasteiger partial charge in [0.05, 0.1) is 31.9 Å². The molecule has 1 amide bonds. The van der Waals surface area contributed by atoms with Crippen molar-refractivity contribution in [2.75, 3.05) is 39.5 Å². The minimum atomic E-state index is -0.632. The van der Waals surface area contributed by atoms with Gasteiger partial charge in [-0.3, -0.25) is 9.69 Å². The molecule has 6 nitrogen and oxygen atoms in total. The summed E-state index contributed by atoms with van der Waals surface area (Å²) < 4.78 is 11.4. The van der Waals surface area contributed by atoms with E-state index in [1.165, 1.54) is 10.4 Å². The highest BCUT2D eigenvalue weighted by atomic mass is 35.5. The monoisotopic (exact) mass is 490 g/mol. The van der Waals surface area contributed by atoms with Crippen LogP contribution in [0.3, 0.4) is 0 Å². The summed E-state index contributed by atoms with van der Waals surface area (Å²) >= 11 is 7.72. The molecule has 178 valence electrons. The average Bonchev–Trinajstić information content (AvgIpc) is 3.55. The first-order valence-electron chi connectivity index (χ1n) is 11.4. The van der Waals surface area contributed by atoms with E-state index in [0.29, 0.717) is 43.9 Å². The van der Waals surface area contributed by atoms with Crippen molar-refractivity contribution in [1.82, 2.24) is 9.80 Å². The van der Waals surface area contributed by atoms with E-state index in [2.05, 4.69) is 22.9 Å². The number of halogens is 1. The number of fused-ring (bicyclic) bond motifs is 1. The number of hydrogen-bond donors (Lipinski definition) is 1. The zero-order valence-electron chi connectivity index (χ0n) is 18.7. The molecule has 2 aromatic rings. The van der Waals surface area contributed by atoms with Gasteiger partial charge in [0.1, 0.15) is 12.4 Å². The molecule has 2 aliphatic rings. The molecule has 1 aliphatic carbocycles. The van der Waals surface area contributed by atoms with Gasteiger partial charge in [-0.1, -0.05) is 17.7 Å². The molecular weight excluding hydrogens is 460 g/mol. The van der Waals surface area contributed by atoms with E-state index in [1.54, 1.807) is 29.5 Å². The molecule has 1 fully saturated rings. The lowest BCUT2D eigenvalue weighted by molar-refractivity contribution is -0.136. The number of hydrogen-bond acceptors (Lipinski definition) is 6. The zero-order chi connectivity index (χ0) is 23.2. The molecule has 8 heteroatoms. The van der Waals surface area contributed by atoms with Crippen molar-refractivity contribution in [2.45, 2.75) is 37.5 Å². The fraction of sp³-hybridized carbons (Fsp3) is 0.480. The third kappa shape index (κ3) is 6.58. The SMILES string of the molecule is C=CCOCC(O)CN(CC(=O)N1CCc2sccc2C1COc1ccc(Cl)cc1)C1CC1. The van der Waals surface area contributed by atoms with Crippen LogP contribution in [-0.2, 0) is 16.0 Å². The Morgan fingerprint density at radius 3 is 2.85 bits per heavy atom. The van der Waals surface area contributed by atoms with E-state index >= 15 is 0 Å². The smallest absolute Gasteiger partial charge is 0.237 e. The van der Waals surface area contributed by atoms with E-state index in [0.717, 1.165) is 25.0 Å². The first-order valence-corrected chi connectivity index (χ1v) is 12.7. The Morgan fingerprint density at radius 1 is 1.33 bits per heavy atom. The van der Waals surface area contributed by atoms with E-state index in [-0.39, 0.29) is 18.6 Å². The van der Waals surface area contributed by atoms with Crippen LogP contribution < -0.4 is 4.74 Å². The number of benzene rings is 1. The van der Waals surface area contributed by atoms with E-state index in [1.807, 2.05) is 17.0 Å². The van der Waals surface area contributed by atoms with Crippen LogP contribution in [0.4, 0.5) is 0 Å². The van der Waals surface area contributed by atoms with Gasteiger partial charge in [0.2, 0.25) is 5.91 Å². The zero-order valence-corrected chi connectivity index (χ0v) is 20.3. The highest BCUT2D eigenvalue weighted by Crippen LogP contribution is 2.35. The molecule has 2 heterocycles. The second kappa shape index (κ2) is 11.5. The molecule has 0 saturated heterocycles. The Balaban J connectivity index is 1.41. The molecule has 0 radical (unpaired) electrons. The molecule has 1 aromatic carbocycles. The van der Waals surface area contributed by atoms with Crippen molar-refractivity contribution in [1.29, 1.82) is 0 Å². The second-order valence-electron chi connectivity index (χ2n) is 8.56. The lowest BCUT2D eigenvalue weighted by Gasteiger charge is -2.37. The number of carbonyl (C=O) groups is 1. The minimum absolute atomic E-state index is 0.0719. The van der Waals surface area contributed by atoms with Crippen molar-refractivity contribution >= 4 is 28.8 Å². The van der Waals surface area contributed by atoms with E-state index < -0.39 is 6.10 Å². The molecule has 1 N–H and O–H groups in total. The molecule has 33 heavy (non-hydrogen) atoms. The second-order valence-corrected chi connectivity index (χ2v) is 9.99. The Morgan fingerprint density at radius 2 is 2.12 bits per heavy atom.